The Morgan fingerprint density at radius 1 is 1.00 bits per heavy atom. The second-order valence-corrected chi connectivity index (χ2v) is 6.35. The van der Waals surface area contributed by atoms with Crippen molar-refractivity contribution in [1.29, 1.82) is 0 Å². The van der Waals surface area contributed by atoms with Crippen molar-refractivity contribution >= 4 is 29.1 Å². The number of aromatic nitrogens is 1. The predicted octanol–water partition coefficient (Wildman–Crippen LogP) is 3.68. The lowest BCUT2D eigenvalue weighted by molar-refractivity contribution is -0.123. The summed E-state index contributed by atoms with van der Waals surface area (Å²) in [5, 5.41) is 6.19. The van der Waals surface area contributed by atoms with Gasteiger partial charge < -0.3 is 15.4 Å². The number of carbonyl (C=O) groups is 2. The van der Waals surface area contributed by atoms with Gasteiger partial charge in [-0.05, 0) is 54.1 Å². The number of halogens is 1. The lowest BCUT2D eigenvalue weighted by atomic mass is 10.2. The average Bonchev–Trinajstić information content (AvgIpc) is 2.73. The van der Waals surface area contributed by atoms with Gasteiger partial charge in [-0.2, -0.15) is 0 Å². The Bertz CT molecular complexity index is 929. The fourth-order valence-electron chi connectivity index (χ4n) is 2.34. The fourth-order valence-corrected chi connectivity index (χ4v) is 2.46. The molecule has 6 nitrogen and oxygen atoms in total. The Morgan fingerprint density at radius 3 is 2.43 bits per heavy atom. The van der Waals surface area contributed by atoms with Crippen molar-refractivity contribution in [3.05, 3.63) is 89.2 Å². The Morgan fingerprint density at radius 2 is 1.75 bits per heavy atom. The zero-order valence-electron chi connectivity index (χ0n) is 14.9. The van der Waals surface area contributed by atoms with E-state index in [0.717, 1.165) is 5.56 Å². The van der Waals surface area contributed by atoms with E-state index in [1.807, 2.05) is 12.1 Å². The van der Waals surface area contributed by atoms with Crippen LogP contribution in [-0.4, -0.2) is 23.4 Å². The van der Waals surface area contributed by atoms with E-state index in [9.17, 15) is 9.59 Å². The van der Waals surface area contributed by atoms with E-state index in [1.165, 1.54) is 6.20 Å². The fraction of sp³-hybridized carbons (Fsp3) is 0.0952. The molecular formula is C21H18ClN3O3. The third-order valence-electron chi connectivity index (χ3n) is 3.81. The molecule has 0 unspecified atom stereocenters. The van der Waals surface area contributed by atoms with Crippen LogP contribution in [0.25, 0.3) is 0 Å². The summed E-state index contributed by atoms with van der Waals surface area (Å²) in [4.78, 5) is 27.9. The van der Waals surface area contributed by atoms with Crippen molar-refractivity contribution in [2.75, 3.05) is 11.9 Å². The normalized spacial score (nSPS) is 10.2. The number of rotatable bonds is 7. The van der Waals surface area contributed by atoms with Gasteiger partial charge >= 0.3 is 0 Å². The molecule has 0 saturated heterocycles. The molecule has 2 aromatic carbocycles. The number of pyridine rings is 1. The first-order chi connectivity index (χ1) is 13.6. The summed E-state index contributed by atoms with van der Waals surface area (Å²) >= 11 is 5.80. The Balaban J connectivity index is 1.44. The molecule has 0 aliphatic rings. The first-order valence-electron chi connectivity index (χ1n) is 8.55. The van der Waals surface area contributed by atoms with Crippen molar-refractivity contribution in [3.63, 3.8) is 0 Å². The number of nitrogens with one attached hydrogen (secondary N) is 2. The lowest BCUT2D eigenvalue weighted by Crippen LogP contribution is -2.28. The van der Waals surface area contributed by atoms with Crippen molar-refractivity contribution < 1.29 is 14.3 Å². The van der Waals surface area contributed by atoms with E-state index >= 15 is 0 Å². The van der Waals surface area contributed by atoms with Crippen LogP contribution in [0.5, 0.6) is 5.75 Å². The van der Waals surface area contributed by atoms with Gasteiger partial charge in [0.15, 0.2) is 6.61 Å². The molecule has 2 N–H and O–H groups in total. The van der Waals surface area contributed by atoms with Crippen LogP contribution in [0.15, 0.2) is 73.1 Å². The van der Waals surface area contributed by atoms with Gasteiger partial charge in [0.25, 0.3) is 11.8 Å². The molecule has 0 atom stereocenters. The molecule has 28 heavy (non-hydrogen) atoms. The van der Waals surface area contributed by atoms with Crippen LogP contribution in [0.4, 0.5) is 5.69 Å². The summed E-state index contributed by atoms with van der Waals surface area (Å²) in [6, 6.07) is 17.4. The van der Waals surface area contributed by atoms with Crippen LogP contribution in [0.2, 0.25) is 5.02 Å². The second kappa shape index (κ2) is 9.53. The molecular weight excluding hydrogens is 378 g/mol. The van der Waals surface area contributed by atoms with E-state index < -0.39 is 0 Å². The van der Waals surface area contributed by atoms with Gasteiger partial charge in [0.2, 0.25) is 0 Å². The topological polar surface area (TPSA) is 80.3 Å². The van der Waals surface area contributed by atoms with Crippen LogP contribution in [0.3, 0.4) is 0 Å². The molecule has 0 aliphatic heterocycles. The maximum Gasteiger partial charge on any atom is 0.258 e. The largest absolute Gasteiger partial charge is 0.484 e. The minimum Gasteiger partial charge on any atom is -0.484 e. The molecule has 0 saturated carbocycles. The highest BCUT2D eigenvalue weighted by atomic mass is 35.5. The SMILES string of the molecule is O=C(COc1ccc(Cl)cc1)NCc1ccc(NC(=O)c2cccnc2)cc1. The number of ether oxygens (including phenoxy) is 1. The van der Waals surface area contributed by atoms with Crippen LogP contribution in [0, 0.1) is 0 Å². The van der Waals surface area contributed by atoms with E-state index in [2.05, 4.69) is 15.6 Å². The van der Waals surface area contributed by atoms with Crippen molar-refractivity contribution in [1.82, 2.24) is 10.3 Å². The zero-order valence-corrected chi connectivity index (χ0v) is 15.6. The molecule has 0 fully saturated rings. The highest BCUT2D eigenvalue weighted by Gasteiger charge is 2.06. The Hall–Kier alpha value is -3.38. The minimum absolute atomic E-state index is 0.0825. The molecule has 3 rings (SSSR count). The summed E-state index contributed by atoms with van der Waals surface area (Å²) in [7, 11) is 0. The first kappa shape index (κ1) is 19.4. The molecule has 0 radical (unpaired) electrons. The number of nitrogens with zero attached hydrogens (tertiary/aromatic N) is 1. The summed E-state index contributed by atoms with van der Waals surface area (Å²) in [5.74, 6) is 0.116. The van der Waals surface area contributed by atoms with E-state index in [-0.39, 0.29) is 18.4 Å². The highest BCUT2D eigenvalue weighted by molar-refractivity contribution is 6.30. The number of anilines is 1. The number of hydrogen-bond donors (Lipinski definition) is 2. The van der Waals surface area contributed by atoms with Crippen LogP contribution in [0.1, 0.15) is 15.9 Å². The van der Waals surface area contributed by atoms with Crippen molar-refractivity contribution in [2.24, 2.45) is 0 Å². The molecule has 0 bridgehead atoms. The molecule has 1 heterocycles. The summed E-state index contributed by atoms with van der Waals surface area (Å²) in [6.45, 7) is 0.278. The third kappa shape index (κ3) is 5.82. The molecule has 3 aromatic rings. The van der Waals surface area contributed by atoms with Crippen LogP contribution >= 0.6 is 11.6 Å². The van der Waals surface area contributed by atoms with Gasteiger partial charge in [-0.1, -0.05) is 23.7 Å². The number of hydrogen-bond acceptors (Lipinski definition) is 4. The van der Waals surface area contributed by atoms with E-state index in [4.69, 9.17) is 16.3 Å². The number of amides is 2. The second-order valence-electron chi connectivity index (χ2n) is 5.91. The van der Waals surface area contributed by atoms with Gasteiger partial charge in [0.1, 0.15) is 5.75 Å². The van der Waals surface area contributed by atoms with Crippen LogP contribution in [-0.2, 0) is 11.3 Å². The van der Waals surface area contributed by atoms with E-state index in [1.54, 1.807) is 54.7 Å². The smallest absolute Gasteiger partial charge is 0.258 e. The first-order valence-corrected chi connectivity index (χ1v) is 8.93. The number of carbonyl (C=O) groups excluding carboxylic acids is 2. The van der Waals surface area contributed by atoms with Gasteiger partial charge in [0, 0.05) is 29.6 Å². The minimum atomic E-state index is -0.232. The molecule has 142 valence electrons. The summed E-state index contributed by atoms with van der Waals surface area (Å²) in [6.07, 6.45) is 3.12. The standard InChI is InChI=1S/C21H18ClN3O3/c22-17-5-9-19(10-6-17)28-14-20(26)24-12-15-3-7-18(8-4-15)25-21(27)16-2-1-11-23-13-16/h1-11,13H,12,14H2,(H,24,26)(H,25,27). The van der Waals surface area contributed by atoms with Crippen molar-refractivity contribution in [3.8, 4) is 5.75 Å². The maximum atomic E-state index is 12.1. The van der Waals surface area contributed by atoms with Crippen molar-refractivity contribution in [2.45, 2.75) is 6.54 Å². The summed E-state index contributed by atoms with van der Waals surface area (Å²) in [5.41, 5.74) is 2.05. The highest BCUT2D eigenvalue weighted by Crippen LogP contribution is 2.15. The Kier molecular flexibility index (Phi) is 6.59. The molecule has 1 aromatic heterocycles. The third-order valence-corrected chi connectivity index (χ3v) is 4.06. The summed E-state index contributed by atoms with van der Waals surface area (Å²) < 4.78 is 5.39. The zero-order chi connectivity index (χ0) is 19.8. The molecule has 0 spiro atoms. The molecule has 2 amide bonds. The van der Waals surface area contributed by atoms with Gasteiger partial charge in [-0.15, -0.1) is 0 Å². The quantitative estimate of drug-likeness (QED) is 0.639. The van der Waals surface area contributed by atoms with Gasteiger partial charge in [-0.25, -0.2) is 0 Å². The maximum absolute atomic E-state index is 12.1. The molecule has 0 aliphatic carbocycles. The molecule has 7 heteroatoms. The monoisotopic (exact) mass is 395 g/mol. The Labute approximate surface area is 167 Å². The predicted molar refractivity (Wildman–Crippen MR) is 107 cm³/mol. The van der Waals surface area contributed by atoms with E-state index in [0.29, 0.717) is 28.6 Å². The van der Waals surface area contributed by atoms with Gasteiger partial charge in [0.05, 0.1) is 5.56 Å². The lowest BCUT2D eigenvalue weighted by Gasteiger charge is -2.09. The van der Waals surface area contributed by atoms with Gasteiger partial charge in [-0.3, -0.25) is 14.6 Å². The van der Waals surface area contributed by atoms with Crippen LogP contribution < -0.4 is 15.4 Å². The number of benzene rings is 2. The average molecular weight is 396 g/mol.